The molecule has 0 spiro atoms. The Morgan fingerprint density at radius 3 is 2.19 bits per heavy atom. The summed E-state index contributed by atoms with van der Waals surface area (Å²) in [5.41, 5.74) is 2.03. The number of oxime groups is 1. The van der Waals surface area contributed by atoms with Crippen molar-refractivity contribution in [3.63, 3.8) is 0 Å². The van der Waals surface area contributed by atoms with Crippen molar-refractivity contribution in [3.8, 4) is 11.5 Å². The zero-order chi connectivity index (χ0) is 23.1. The summed E-state index contributed by atoms with van der Waals surface area (Å²) in [6.07, 6.45) is 7.74. The lowest BCUT2D eigenvalue weighted by molar-refractivity contribution is 0.00128. The van der Waals surface area contributed by atoms with Gasteiger partial charge in [-0.3, -0.25) is 0 Å². The number of rotatable bonds is 15. The summed E-state index contributed by atoms with van der Waals surface area (Å²) < 4.78 is 17.7. The molecule has 0 amide bonds. The van der Waals surface area contributed by atoms with Crippen LogP contribution in [0, 0.1) is 0 Å². The molecule has 0 bridgehead atoms. The molecule has 0 fully saturated rings. The van der Waals surface area contributed by atoms with E-state index in [1.54, 1.807) is 12.3 Å². The van der Waals surface area contributed by atoms with E-state index in [0.717, 1.165) is 54.7 Å². The van der Waals surface area contributed by atoms with Crippen molar-refractivity contribution >= 4 is 29.4 Å². The highest BCUT2D eigenvalue weighted by Gasteiger charge is 2.11. The zero-order valence-corrected chi connectivity index (χ0v) is 21.0. The minimum atomic E-state index is -0.254. The van der Waals surface area contributed by atoms with E-state index in [4.69, 9.17) is 42.3 Å². The Balaban J connectivity index is 2.36. The minimum Gasteiger partial charge on any atom is -0.493 e. The second-order valence-corrected chi connectivity index (χ2v) is 9.04. The summed E-state index contributed by atoms with van der Waals surface area (Å²) in [6, 6.07) is 4.05. The third kappa shape index (κ3) is 12.9. The maximum absolute atomic E-state index is 6.14. The van der Waals surface area contributed by atoms with Crippen LogP contribution in [0.15, 0.2) is 27.9 Å². The van der Waals surface area contributed by atoms with Gasteiger partial charge in [0, 0.05) is 19.2 Å². The second kappa shape index (κ2) is 15.4. The Labute approximate surface area is 197 Å². The number of nitrogens with zero attached hydrogens (tertiary/aromatic N) is 1. The maximum Gasteiger partial charge on any atom is 0.129 e. The largest absolute Gasteiger partial charge is 0.493 e. The molecule has 0 atom stereocenters. The predicted molar refractivity (Wildman–Crippen MR) is 130 cm³/mol. The van der Waals surface area contributed by atoms with Gasteiger partial charge in [-0.05, 0) is 75.8 Å². The van der Waals surface area contributed by atoms with E-state index in [1.807, 2.05) is 32.9 Å². The highest BCUT2D eigenvalue weighted by Crippen LogP contribution is 2.31. The van der Waals surface area contributed by atoms with E-state index >= 15 is 0 Å². The monoisotopic (exact) mass is 473 g/mol. The summed E-state index contributed by atoms with van der Waals surface area (Å²) in [4.78, 5) is 5.28. The Kier molecular flexibility index (Phi) is 13.7. The number of aryl methyl sites for hydroxylation is 2. The fraction of sp³-hybridized carbons (Fsp3) is 0.625. The summed E-state index contributed by atoms with van der Waals surface area (Å²) in [5.74, 6) is 1.77. The normalized spacial score (nSPS) is 11.6. The van der Waals surface area contributed by atoms with E-state index in [1.165, 1.54) is 0 Å². The van der Waals surface area contributed by atoms with E-state index in [9.17, 15) is 0 Å². The number of hydrogen-bond acceptors (Lipinski definition) is 5. The van der Waals surface area contributed by atoms with Crippen molar-refractivity contribution in [2.45, 2.75) is 72.3 Å². The van der Waals surface area contributed by atoms with Gasteiger partial charge in [0.2, 0.25) is 0 Å². The molecule has 31 heavy (non-hydrogen) atoms. The molecule has 0 heterocycles. The molecular formula is C24H37Cl2NO4. The fourth-order valence-electron chi connectivity index (χ4n) is 2.68. The molecule has 0 saturated heterocycles. The van der Waals surface area contributed by atoms with E-state index < -0.39 is 0 Å². The van der Waals surface area contributed by atoms with Crippen LogP contribution >= 0.6 is 23.2 Å². The second-order valence-electron chi connectivity index (χ2n) is 8.03. The van der Waals surface area contributed by atoms with Crippen LogP contribution in [0.2, 0.25) is 0 Å². The number of unbranched alkanes of at least 4 members (excludes halogenated alkanes) is 1. The first-order valence-corrected chi connectivity index (χ1v) is 11.7. The van der Waals surface area contributed by atoms with Crippen LogP contribution < -0.4 is 9.47 Å². The van der Waals surface area contributed by atoms with Crippen molar-refractivity contribution in [1.29, 1.82) is 0 Å². The molecule has 5 nitrogen and oxygen atoms in total. The lowest BCUT2D eigenvalue weighted by Gasteiger charge is -2.17. The molecule has 0 aliphatic rings. The summed E-state index contributed by atoms with van der Waals surface area (Å²) in [5, 5.41) is 3.94. The average molecular weight is 474 g/mol. The van der Waals surface area contributed by atoms with Gasteiger partial charge in [-0.1, -0.05) is 42.2 Å². The topological polar surface area (TPSA) is 49.3 Å². The first kappa shape index (κ1) is 27.6. The molecule has 0 saturated carbocycles. The van der Waals surface area contributed by atoms with E-state index in [2.05, 4.69) is 19.0 Å². The number of ether oxygens (including phenoxy) is 3. The van der Waals surface area contributed by atoms with Crippen LogP contribution in [0.4, 0.5) is 0 Å². The molecule has 0 aliphatic heterocycles. The first-order chi connectivity index (χ1) is 14.8. The van der Waals surface area contributed by atoms with Crippen LogP contribution in [0.1, 0.15) is 65.0 Å². The Bertz CT molecular complexity index is 670. The Morgan fingerprint density at radius 2 is 1.61 bits per heavy atom. The van der Waals surface area contributed by atoms with Crippen molar-refractivity contribution < 1.29 is 19.0 Å². The number of hydrogen-bond donors (Lipinski definition) is 0. The Morgan fingerprint density at radius 1 is 0.968 bits per heavy atom. The zero-order valence-electron chi connectivity index (χ0n) is 19.5. The van der Waals surface area contributed by atoms with Gasteiger partial charge >= 0.3 is 0 Å². The van der Waals surface area contributed by atoms with Gasteiger partial charge < -0.3 is 19.0 Å². The van der Waals surface area contributed by atoms with E-state index in [-0.39, 0.29) is 10.1 Å². The smallest absolute Gasteiger partial charge is 0.129 e. The Hall–Kier alpha value is -1.43. The highest BCUT2D eigenvalue weighted by atomic mass is 35.5. The van der Waals surface area contributed by atoms with Crippen LogP contribution in [-0.4, -0.2) is 38.2 Å². The van der Waals surface area contributed by atoms with Crippen LogP contribution in [0.25, 0.3) is 0 Å². The lowest BCUT2D eigenvalue weighted by atomic mass is 10.0. The molecule has 0 aliphatic carbocycles. The van der Waals surface area contributed by atoms with Gasteiger partial charge in [0.1, 0.15) is 28.2 Å². The molecular weight excluding hydrogens is 437 g/mol. The SMILES string of the molecule is CCc1cc(OCC=C(Cl)Cl)cc(CC)c1OCCCCOCCC=NOC(C)(C)C. The van der Waals surface area contributed by atoms with Crippen molar-refractivity contribution in [2.75, 3.05) is 26.4 Å². The minimum absolute atomic E-state index is 0.207. The van der Waals surface area contributed by atoms with Crippen molar-refractivity contribution in [2.24, 2.45) is 5.16 Å². The molecule has 0 aromatic heterocycles. The third-order valence-corrected chi connectivity index (χ3v) is 4.50. The van der Waals surface area contributed by atoms with Crippen molar-refractivity contribution in [3.05, 3.63) is 33.8 Å². The lowest BCUT2D eigenvalue weighted by Crippen LogP contribution is -2.15. The van der Waals surface area contributed by atoms with Gasteiger partial charge in [0.05, 0.1) is 13.2 Å². The van der Waals surface area contributed by atoms with Crippen molar-refractivity contribution in [1.82, 2.24) is 0 Å². The fourth-order valence-corrected chi connectivity index (χ4v) is 2.81. The maximum atomic E-state index is 6.14. The molecule has 1 aromatic rings. The van der Waals surface area contributed by atoms with Gasteiger partial charge in [0.15, 0.2) is 0 Å². The van der Waals surface area contributed by atoms with Crippen LogP contribution in [0.5, 0.6) is 11.5 Å². The van der Waals surface area contributed by atoms with Gasteiger partial charge in [-0.25, -0.2) is 0 Å². The molecule has 1 aromatic carbocycles. The summed E-state index contributed by atoms with van der Waals surface area (Å²) >= 11 is 11.3. The van der Waals surface area contributed by atoms with Crippen LogP contribution in [-0.2, 0) is 22.4 Å². The van der Waals surface area contributed by atoms with Gasteiger partial charge in [-0.15, -0.1) is 0 Å². The predicted octanol–water partition coefficient (Wildman–Crippen LogP) is 6.88. The third-order valence-electron chi connectivity index (χ3n) is 4.19. The average Bonchev–Trinajstić information content (AvgIpc) is 2.71. The quantitative estimate of drug-likeness (QED) is 0.158. The molecule has 176 valence electrons. The molecule has 0 radical (unpaired) electrons. The standard InChI is InChI=1S/C24H37Cl2NO4/c1-6-19-17-21(29-16-11-22(25)26)18-20(7-2)23(19)30-15-9-8-13-28-14-10-12-27-31-24(3,4)5/h11-12,17-18H,6-10,13-16H2,1-5H3. The summed E-state index contributed by atoms with van der Waals surface area (Å²) in [7, 11) is 0. The van der Waals surface area contributed by atoms with Gasteiger partial charge in [-0.2, -0.15) is 0 Å². The molecule has 0 N–H and O–H groups in total. The highest BCUT2D eigenvalue weighted by molar-refractivity contribution is 6.55. The molecule has 7 heteroatoms. The first-order valence-electron chi connectivity index (χ1n) is 11.0. The van der Waals surface area contributed by atoms with Gasteiger partial charge in [0.25, 0.3) is 0 Å². The number of halogens is 2. The number of benzene rings is 1. The summed E-state index contributed by atoms with van der Waals surface area (Å²) in [6.45, 7) is 12.5. The van der Waals surface area contributed by atoms with Crippen LogP contribution in [0.3, 0.4) is 0 Å². The molecule has 0 unspecified atom stereocenters. The van der Waals surface area contributed by atoms with E-state index in [0.29, 0.717) is 26.4 Å². The molecule has 1 rings (SSSR count).